The van der Waals surface area contributed by atoms with Crippen LogP contribution in [0.3, 0.4) is 0 Å². The van der Waals surface area contributed by atoms with Crippen molar-refractivity contribution in [1.82, 2.24) is 4.98 Å². The summed E-state index contributed by atoms with van der Waals surface area (Å²) in [6.07, 6.45) is 4.26. The number of anilines is 1. The number of hydrogen-bond donors (Lipinski definition) is 1. The summed E-state index contributed by atoms with van der Waals surface area (Å²) in [5.41, 5.74) is 9.35. The summed E-state index contributed by atoms with van der Waals surface area (Å²) < 4.78 is 0. The van der Waals surface area contributed by atoms with E-state index in [9.17, 15) is 0 Å². The molecule has 2 nitrogen and oxygen atoms in total. The van der Waals surface area contributed by atoms with Crippen LogP contribution in [0.2, 0.25) is 0 Å². The van der Waals surface area contributed by atoms with Gasteiger partial charge in [-0.25, -0.2) is 0 Å². The number of nitrogens with zero attached hydrogens (tertiary/aromatic N) is 1. The Labute approximate surface area is 92.9 Å². The maximum atomic E-state index is 6.15. The van der Waals surface area contributed by atoms with Gasteiger partial charge in [-0.2, -0.15) is 0 Å². The van der Waals surface area contributed by atoms with Crippen LogP contribution >= 0.6 is 0 Å². The van der Waals surface area contributed by atoms with Gasteiger partial charge in [0.15, 0.2) is 0 Å². The van der Waals surface area contributed by atoms with Crippen molar-refractivity contribution in [2.75, 3.05) is 5.73 Å². The van der Waals surface area contributed by atoms with Crippen molar-refractivity contribution in [1.29, 1.82) is 0 Å². The second-order valence-electron chi connectivity index (χ2n) is 4.54. The quantitative estimate of drug-likeness (QED) is 0.816. The van der Waals surface area contributed by atoms with E-state index in [4.69, 9.17) is 5.73 Å². The Balaban J connectivity index is 3.03. The van der Waals surface area contributed by atoms with Gasteiger partial charge in [0.1, 0.15) is 0 Å². The van der Waals surface area contributed by atoms with Gasteiger partial charge in [0.05, 0.1) is 11.4 Å². The van der Waals surface area contributed by atoms with Crippen LogP contribution in [0.15, 0.2) is 12.3 Å². The number of hydrogen-bond acceptors (Lipinski definition) is 2. The Morgan fingerprint density at radius 1 is 1.33 bits per heavy atom. The van der Waals surface area contributed by atoms with Crippen molar-refractivity contribution in [3.63, 3.8) is 0 Å². The molecule has 0 aliphatic rings. The van der Waals surface area contributed by atoms with Crippen LogP contribution in [0.5, 0.6) is 0 Å². The Bertz CT molecular complexity index is 318. The standard InChI is InChI=1S/C13H22N2/c1-5-6-10(4)11-7-8-15-13(9(2)3)12(11)14/h7-10H,5-6,14H2,1-4H3. The molecule has 84 valence electrons. The van der Waals surface area contributed by atoms with Gasteiger partial charge < -0.3 is 5.73 Å². The Morgan fingerprint density at radius 3 is 2.53 bits per heavy atom. The van der Waals surface area contributed by atoms with Crippen LogP contribution in [-0.4, -0.2) is 4.98 Å². The first-order chi connectivity index (χ1) is 7.07. The molecule has 2 heteroatoms. The topological polar surface area (TPSA) is 38.9 Å². The monoisotopic (exact) mass is 206 g/mol. The summed E-state index contributed by atoms with van der Waals surface area (Å²) in [5, 5.41) is 0. The highest BCUT2D eigenvalue weighted by molar-refractivity contribution is 5.53. The van der Waals surface area contributed by atoms with Crippen molar-refractivity contribution < 1.29 is 0 Å². The summed E-state index contributed by atoms with van der Waals surface area (Å²) in [6, 6.07) is 2.06. The van der Waals surface area contributed by atoms with Crippen LogP contribution in [-0.2, 0) is 0 Å². The Hall–Kier alpha value is -1.05. The fourth-order valence-corrected chi connectivity index (χ4v) is 1.98. The van der Waals surface area contributed by atoms with Gasteiger partial charge in [-0.1, -0.05) is 34.1 Å². The van der Waals surface area contributed by atoms with Gasteiger partial charge in [0.2, 0.25) is 0 Å². The minimum absolute atomic E-state index is 0.402. The molecule has 1 heterocycles. The van der Waals surface area contributed by atoms with E-state index in [1.165, 1.54) is 18.4 Å². The molecule has 15 heavy (non-hydrogen) atoms. The first-order valence-corrected chi connectivity index (χ1v) is 5.82. The summed E-state index contributed by atoms with van der Waals surface area (Å²) in [6.45, 7) is 8.70. The normalized spacial score (nSPS) is 13.1. The highest BCUT2D eigenvalue weighted by Crippen LogP contribution is 2.30. The molecule has 0 fully saturated rings. The molecule has 0 amide bonds. The first kappa shape index (κ1) is 12.0. The van der Waals surface area contributed by atoms with Crippen LogP contribution < -0.4 is 5.73 Å². The van der Waals surface area contributed by atoms with Crippen molar-refractivity contribution in [3.05, 3.63) is 23.5 Å². The summed E-state index contributed by atoms with van der Waals surface area (Å²) >= 11 is 0. The molecule has 0 radical (unpaired) electrons. The predicted octanol–water partition coefficient (Wildman–Crippen LogP) is 3.69. The van der Waals surface area contributed by atoms with Crippen LogP contribution in [0.4, 0.5) is 5.69 Å². The van der Waals surface area contributed by atoms with Crippen molar-refractivity contribution in [3.8, 4) is 0 Å². The SMILES string of the molecule is CCCC(C)c1ccnc(C(C)C)c1N. The molecule has 0 bridgehead atoms. The number of pyridine rings is 1. The van der Waals surface area contributed by atoms with E-state index >= 15 is 0 Å². The van der Waals surface area contributed by atoms with Gasteiger partial charge >= 0.3 is 0 Å². The van der Waals surface area contributed by atoms with Gasteiger partial charge in [0, 0.05) is 6.20 Å². The largest absolute Gasteiger partial charge is 0.397 e. The Kier molecular flexibility index (Phi) is 4.13. The van der Waals surface area contributed by atoms with Crippen molar-refractivity contribution in [2.24, 2.45) is 0 Å². The predicted molar refractivity (Wildman–Crippen MR) is 66.1 cm³/mol. The van der Waals surface area contributed by atoms with Crippen LogP contribution in [0.1, 0.15) is 63.6 Å². The lowest BCUT2D eigenvalue weighted by molar-refractivity contribution is 0.663. The molecule has 0 aromatic carbocycles. The minimum Gasteiger partial charge on any atom is -0.397 e. The third-order valence-corrected chi connectivity index (χ3v) is 2.85. The molecule has 1 rings (SSSR count). The van der Waals surface area contributed by atoms with E-state index in [2.05, 4.69) is 38.7 Å². The fraction of sp³-hybridized carbons (Fsp3) is 0.615. The third-order valence-electron chi connectivity index (χ3n) is 2.85. The Morgan fingerprint density at radius 2 is 2.00 bits per heavy atom. The molecule has 2 N–H and O–H groups in total. The highest BCUT2D eigenvalue weighted by Gasteiger charge is 2.13. The van der Waals surface area contributed by atoms with Crippen LogP contribution in [0, 0.1) is 0 Å². The van der Waals surface area contributed by atoms with E-state index < -0.39 is 0 Å². The molecule has 0 saturated heterocycles. The smallest absolute Gasteiger partial charge is 0.0660 e. The molecule has 1 aromatic heterocycles. The summed E-state index contributed by atoms with van der Waals surface area (Å²) in [4.78, 5) is 4.36. The van der Waals surface area contributed by atoms with Gasteiger partial charge in [0.25, 0.3) is 0 Å². The lowest BCUT2D eigenvalue weighted by atomic mass is 9.93. The number of nitrogen functional groups attached to an aromatic ring is 1. The fourth-order valence-electron chi connectivity index (χ4n) is 1.98. The first-order valence-electron chi connectivity index (χ1n) is 5.82. The molecule has 0 aliphatic heterocycles. The third kappa shape index (κ3) is 2.71. The maximum absolute atomic E-state index is 6.15. The minimum atomic E-state index is 0.402. The average Bonchev–Trinajstić information content (AvgIpc) is 2.17. The molecular formula is C13H22N2. The molecular weight excluding hydrogens is 184 g/mol. The molecule has 0 aliphatic carbocycles. The summed E-state index contributed by atoms with van der Waals surface area (Å²) in [7, 11) is 0. The lowest BCUT2D eigenvalue weighted by Crippen LogP contribution is -2.06. The van der Waals surface area contributed by atoms with Gasteiger partial charge in [-0.15, -0.1) is 0 Å². The summed E-state index contributed by atoms with van der Waals surface area (Å²) in [5.74, 6) is 0.939. The van der Waals surface area contributed by atoms with Gasteiger partial charge in [-0.05, 0) is 29.9 Å². The van der Waals surface area contributed by atoms with E-state index in [1.807, 2.05) is 6.20 Å². The van der Waals surface area contributed by atoms with Crippen LogP contribution in [0.25, 0.3) is 0 Å². The van der Waals surface area contributed by atoms with E-state index in [0.29, 0.717) is 11.8 Å². The van der Waals surface area contributed by atoms with Gasteiger partial charge in [-0.3, -0.25) is 4.98 Å². The second kappa shape index (κ2) is 5.15. The molecule has 0 saturated carbocycles. The van der Waals surface area contributed by atoms with Crippen molar-refractivity contribution >= 4 is 5.69 Å². The number of aromatic nitrogens is 1. The zero-order chi connectivity index (χ0) is 11.4. The molecule has 1 unspecified atom stereocenters. The lowest BCUT2D eigenvalue weighted by Gasteiger charge is -2.17. The molecule has 1 atom stereocenters. The average molecular weight is 206 g/mol. The molecule has 1 aromatic rings. The number of rotatable bonds is 4. The number of nitrogens with two attached hydrogens (primary N) is 1. The van der Waals surface area contributed by atoms with E-state index in [-0.39, 0.29) is 0 Å². The zero-order valence-corrected chi connectivity index (χ0v) is 10.2. The second-order valence-corrected chi connectivity index (χ2v) is 4.54. The zero-order valence-electron chi connectivity index (χ0n) is 10.2. The molecule has 0 spiro atoms. The maximum Gasteiger partial charge on any atom is 0.0660 e. The van der Waals surface area contributed by atoms with E-state index in [1.54, 1.807) is 0 Å². The van der Waals surface area contributed by atoms with Crippen molar-refractivity contribution in [2.45, 2.75) is 52.4 Å². The van der Waals surface area contributed by atoms with E-state index in [0.717, 1.165) is 11.4 Å². The highest BCUT2D eigenvalue weighted by atomic mass is 14.7.